The van der Waals surface area contributed by atoms with Crippen LogP contribution in [0.4, 0.5) is 5.69 Å². The van der Waals surface area contributed by atoms with Crippen molar-refractivity contribution in [2.24, 2.45) is 0 Å². The molecule has 1 fully saturated rings. The number of sulfonamides is 1. The highest BCUT2D eigenvalue weighted by atomic mass is 35.5. The molecule has 1 atom stereocenters. The fraction of sp³-hybridized carbons (Fsp3) is 0.350. The van der Waals surface area contributed by atoms with Crippen LogP contribution in [0.2, 0.25) is 5.02 Å². The lowest BCUT2D eigenvalue weighted by Gasteiger charge is -2.26. The van der Waals surface area contributed by atoms with E-state index in [1.807, 2.05) is 0 Å². The largest absolute Gasteiger partial charge is 0.449 e. The number of pyridine rings is 1. The predicted molar refractivity (Wildman–Crippen MR) is 112 cm³/mol. The molecule has 3 rings (SSSR count). The van der Waals surface area contributed by atoms with Crippen LogP contribution in [0.5, 0.6) is 0 Å². The van der Waals surface area contributed by atoms with Crippen LogP contribution in [0.3, 0.4) is 0 Å². The fourth-order valence-electron chi connectivity index (χ4n) is 3.02. The number of piperidine rings is 1. The number of carbonyl (C=O) groups excluding carboxylic acids is 2. The Labute approximate surface area is 180 Å². The van der Waals surface area contributed by atoms with Gasteiger partial charge in [0.15, 0.2) is 6.10 Å². The summed E-state index contributed by atoms with van der Waals surface area (Å²) in [4.78, 5) is 28.4. The molecule has 0 radical (unpaired) electrons. The summed E-state index contributed by atoms with van der Waals surface area (Å²) >= 11 is 6.14. The molecule has 1 N–H and O–H groups in total. The number of carbonyl (C=O) groups is 2. The highest BCUT2D eigenvalue weighted by Crippen LogP contribution is 2.28. The normalized spacial score (nSPS) is 15.9. The fourth-order valence-corrected chi connectivity index (χ4v) is 4.73. The van der Waals surface area contributed by atoms with Gasteiger partial charge in [-0.15, -0.1) is 0 Å². The van der Waals surface area contributed by atoms with Crippen LogP contribution in [0.1, 0.15) is 36.5 Å². The van der Waals surface area contributed by atoms with Crippen LogP contribution in [0.15, 0.2) is 47.6 Å². The molecule has 30 heavy (non-hydrogen) atoms. The van der Waals surface area contributed by atoms with Gasteiger partial charge in [0.1, 0.15) is 0 Å². The zero-order chi connectivity index (χ0) is 21.7. The minimum absolute atomic E-state index is 0.0468. The molecule has 10 heteroatoms. The van der Waals surface area contributed by atoms with Crippen LogP contribution in [0, 0.1) is 0 Å². The summed E-state index contributed by atoms with van der Waals surface area (Å²) in [6.07, 6.45) is 4.40. The van der Waals surface area contributed by atoms with Gasteiger partial charge >= 0.3 is 5.97 Å². The van der Waals surface area contributed by atoms with E-state index in [0.717, 1.165) is 19.3 Å². The smallest absolute Gasteiger partial charge is 0.339 e. The van der Waals surface area contributed by atoms with Crippen molar-refractivity contribution in [1.29, 1.82) is 0 Å². The minimum Gasteiger partial charge on any atom is -0.449 e. The molecule has 1 aromatic heterocycles. The second kappa shape index (κ2) is 9.55. The topological polar surface area (TPSA) is 106 Å². The van der Waals surface area contributed by atoms with E-state index in [4.69, 9.17) is 16.3 Å². The third kappa shape index (κ3) is 5.16. The van der Waals surface area contributed by atoms with Gasteiger partial charge in [0.2, 0.25) is 10.0 Å². The number of aromatic nitrogens is 1. The Morgan fingerprint density at radius 1 is 1.13 bits per heavy atom. The molecule has 160 valence electrons. The lowest BCUT2D eigenvalue weighted by atomic mass is 10.2. The van der Waals surface area contributed by atoms with E-state index in [2.05, 4.69) is 10.3 Å². The summed E-state index contributed by atoms with van der Waals surface area (Å²) in [5, 5.41) is 2.71. The van der Waals surface area contributed by atoms with E-state index in [1.54, 1.807) is 0 Å². The monoisotopic (exact) mass is 451 g/mol. The Bertz CT molecular complexity index is 1020. The molecule has 1 unspecified atom stereocenters. The molecule has 0 aliphatic carbocycles. The van der Waals surface area contributed by atoms with Crippen molar-refractivity contribution >= 4 is 39.2 Å². The first kappa shape index (κ1) is 22.2. The molecular weight excluding hydrogens is 430 g/mol. The van der Waals surface area contributed by atoms with Crippen LogP contribution >= 0.6 is 11.6 Å². The number of ether oxygens (including phenoxy) is 1. The maximum atomic E-state index is 12.9. The quantitative estimate of drug-likeness (QED) is 0.676. The third-order valence-corrected chi connectivity index (χ3v) is 6.94. The lowest BCUT2D eigenvalue weighted by molar-refractivity contribution is -0.123. The predicted octanol–water partition coefficient (Wildman–Crippen LogP) is 3.09. The Morgan fingerprint density at radius 2 is 1.80 bits per heavy atom. The number of halogens is 1. The van der Waals surface area contributed by atoms with Crippen molar-refractivity contribution in [3.05, 3.63) is 53.3 Å². The van der Waals surface area contributed by atoms with Crippen molar-refractivity contribution in [2.45, 2.75) is 37.2 Å². The number of anilines is 1. The molecule has 1 amide bonds. The summed E-state index contributed by atoms with van der Waals surface area (Å²) < 4.78 is 32.3. The van der Waals surface area contributed by atoms with Gasteiger partial charge in [0, 0.05) is 25.5 Å². The number of amides is 1. The SMILES string of the molecule is CC(OC(=O)c1ccncc1)C(=O)Nc1cc(S(=O)(=O)N2CCCCC2)ccc1Cl. The molecule has 1 aromatic carbocycles. The van der Waals surface area contributed by atoms with Gasteiger partial charge in [0.05, 0.1) is 21.2 Å². The zero-order valence-corrected chi connectivity index (χ0v) is 17.9. The molecule has 0 bridgehead atoms. The Morgan fingerprint density at radius 3 is 2.47 bits per heavy atom. The van der Waals surface area contributed by atoms with Crippen molar-refractivity contribution in [2.75, 3.05) is 18.4 Å². The van der Waals surface area contributed by atoms with Crippen LogP contribution in [-0.4, -0.2) is 48.8 Å². The number of rotatable bonds is 6. The van der Waals surface area contributed by atoms with E-state index < -0.39 is 28.0 Å². The van der Waals surface area contributed by atoms with Gasteiger partial charge < -0.3 is 10.1 Å². The molecule has 0 saturated carbocycles. The van der Waals surface area contributed by atoms with E-state index in [0.29, 0.717) is 13.1 Å². The average Bonchev–Trinajstić information content (AvgIpc) is 2.76. The van der Waals surface area contributed by atoms with Crippen molar-refractivity contribution in [3.63, 3.8) is 0 Å². The summed E-state index contributed by atoms with van der Waals surface area (Å²) in [6.45, 7) is 2.35. The van der Waals surface area contributed by atoms with Gasteiger partial charge in [0.25, 0.3) is 5.91 Å². The van der Waals surface area contributed by atoms with Gasteiger partial charge in [-0.25, -0.2) is 13.2 Å². The van der Waals surface area contributed by atoms with E-state index in [9.17, 15) is 18.0 Å². The number of nitrogens with one attached hydrogen (secondary N) is 1. The highest BCUT2D eigenvalue weighted by Gasteiger charge is 2.27. The first-order valence-corrected chi connectivity index (χ1v) is 11.3. The highest BCUT2D eigenvalue weighted by molar-refractivity contribution is 7.89. The Hall–Kier alpha value is -2.49. The van der Waals surface area contributed by atoms with Crippen LogP contribution < -0.4 is 5.32 Å². The molecule has 1 aliphatic rings. The molecule has 2 heterocycles. The summed E-state index contributed by atoms with van der Waals surface area (Å²) in [5.41, 5.74) is 0.392. The summed E-state index contributed by atoms with van der Waals surface area (Å²) in [5.74, 6) is -1.31. The average molecular weight is 452 g/mol. The maximum absolute atomic E-state index is 12.9. The van der Waals surface area contributed by atoms with Crippen molar-refractivity contribution in [3.8, 4) is 0 Å². The van der Waals surface area contributed by atoms with E-state index >= 15 is 0 Å². The number of nitrogens with zero attached hydrogens (tertiary/aromatic N) is 2. The zero-order valence-electron chi connectivity index (χ0n) is 16.4. The first-order chi connectivity index (χ1) is 14.3. The van der Waals surface area contributed by atoms with Crippen LogP contribution in [-0.2, 0) is 19.6 Å². The standard InChI is InChI=1S/C20H22ClN3O5S/c1-14(29-20(26)15-7-9-22-10-8-15)19(25)23-18-13-16(5-6-17(18)21)30(27,28)24-11-3-2-4-12-24/h5-10,13-14H,2-4,11-12H2,1H3,(H,23,25). The Balaban J connectivity index is 1.72. The first-order valence-electron chi connectivity index (χ1n) is 9.50. The third-order valence-electron chi connectivity index (χ3n) is 4.72. The van der Waals surface area contributed by atoms with Gasteiger partial charge in [-0.05, 0) is 50.1 Å². The maximum Gasteiger partial charge on any atom is 0.339 e. The second-order valence-corrected chi connectivity index (χ2v) is 9.22. The van der Waals surface area contributed by atoms with E-state index in [-0.39, 0.29) is 21.2 Å². The number of hydrogen-bond acceptors (Lipinski definition) is 6. The van der Waals surface area contributed by atoms with Crippen LogP contribution in [0.25, 0.3) is 0 Å². The summed E-state index contributed by atoms with van der Waals surface area (Å²) in [6, 6.07) is 7.09. The van der Waals surface area contributed by atoms with Crippen molar-refractivity contribution in [1.82, 2.24) is 9.29 Å². The number of esters is 1. The molecule has 8 nitrogen and oxygen atoms in total. The molecule has 0 spiro atoms. The molecule has 2 aromatic rings. The molecule has 1 aliphatic heterocycles. The number of benzene rings is 1. The minimum atomic E-state index is -3.68. The van der Waals surface area contributed by atoms with Crippen molar-refractivity contribution < 1.29 is 22.7 Å². The Kier molecular flexibility index (Phi) is 7.06. The van der Waals surface area contributed by atoms with Gasteiger partial charge in [-0.3, -0.25) is 9.78 Å². The van der Waals surface area contributed by atoms with E-state index in [1.165, 1.54) is 54.0 Å². The molecular formula is C20H22ClN3O5S. The number of hydrogen-bond donors (Lipinski definition) is 1. The molecule has 1 saturated heterocycles. The lowest BCUT2D eigenvalue weighted by Crippen LogP contribution is -2.35. The van der Waals surface area contributed by atoms with Gasteiger partial charge in [-0.2, -0.15) is 4.31 Å². The van der Waals surface area contributed by atoms with Gasteiger partial charge in [-0.1, -0.05) is 18.0 Å². The second-order valence-electron chi connectivity index (χ2n) is 6.88. The summed E-state index contributed by atoms with van der Waals surface area (Å²) in [7, 11) is -3.68.